The minimum absolute atomic E-state index is 0.0545. The quantitative estimate of drug-likeness (QED) is 0.729. The van der Waals surface area contributed by atoms with Crippen molar-refractivity contribution < 1.29 is 9.53 Å². The normalized spacial score (nSPS) is 47.0. The van der Waals surface area contributed by atoms with Crippen molar-refractivity contribution >= 4 is 11.5 Å². The third-order valence-corrected chi connectivity index (χ3v) is 7.73. The van der Waals surface area contributed by atoms with Crippen molar-refractivity contribution in [2.45, 2.75) is 58.8 Å². The van der Waals surface area contributed by atoms with Gasteiger partial charge in [0.05, 0.1) is 12.3 Å². The number of rotatable bonds is 0. The molecule has 0 aromatic carbocycles. The summed E-state index contributed by atoms with van der Waals surface area (Å²) in [6.45, 7) is 5.88. The average molecular weight is 315 g/mol. The summed E-state index contributed by atoms with van der Waals surface area (Å²) in [5, 5.41) is 8.45. The first kappa shape index (κ1) is 15.6. The van der Waals surface area contributed by atoms with E-state index in [1.54, 1.807) is 0 Å². The molecule has 0 aromatic heterocycles. The van der Waals surface area contributed by atoms with Gasteiger partial charge in [0.15, 0.2) is 0 Å². The molecule has 2 saturated carbocycles. The molecule has 1 N–H and O–H groups in total. The van der Waals surface area contributed by atoms with Gasteiger partial charge in [-0.15, -0.1) is 0 Å². The number of nitrogens with one attached hydrogen (secondary N) is 1. The number of carbonyl (C=O) groups excluding carboxylic acids is 1. The monoisotopic (exact) mass is 315 g/mol. The molecule has 126 valence electrons. The van der Waals surface area contributed by atoms with Crippen LogP contribution in [0.1, 0.15) is 58.8 Å². The maximum absolute atomic E-state index is 12.5. The molecule has 1 heterocycles. The Morgan fingerprint density at radius 2 is 1.96 bits per heavy atom. The predicted octanol–water partition coefficient (Wildman–Crippen LogP) is 4.16. The highest BCUT2D eigenvalue weighted by Crippen LogP contribution is 2.62. The predicted molar refractivity (Wildman–Crippen MR) is 90.6 cm³/mol. The number of fused-ring (bicyclic) bond motifs is 5. The molecule has 1 aliphatic heterocycles. The molecule has 0 unspecified atom stereocenters. The van der Waals surface area contributed by atoms with E-state index in [2.05, 4.69) is 19.9 Å². The molecule has 0 radical (unpaired) electrons. The van der Waals surface area contributed by atoms with Crippen LogP contribution in [-0.2, 0) is 9.53 Å². The highest BCUT2D eigenvalue weighted by atomic mass is 16.5. The summed E-state index contributed by atoms with van der Waals surface area (Å²) in [5.41, 5.74) is 2.02. The van der Waals surface area contributed by atoms with Crippen LogP contribution in [0.25, 0.3) is 0 Å². The summed E-state index contributed by atoms with van der Waals surface area (Å²) in [7, 11) is 0. The lowest BCUT2D eigenvalue weighted by Crippen LogP contribution is -2.50. The Balaban J connectivity index is 1.72. The van der Waals surface area contributed by atoms with Crippen LogP contribution in [0.4, 0.5) is 0 Å². The van der Waals surface area contributed by atoms with Crippen LogP contribution in [0.2, 0.25) is 0 Å². The van der Waals surface area contributed by atoms with Gasteiger partial charge in [0, 0.05) is 18.4 Å². The van der Waals surface area contributed by atoms with Crippen molar-refractivity contribution in [3.63, 3.8) is 0 Å². The fourth-order valence-electron chi connectivity index (χ4n) is 6.45. The molecule has 3 fully saturated rings. The lowest BCUT2D eigenvalue weighted by molar-refractivity contribution is -0.131. The summed E-state index contributed by atoms with van der Waals surface area (Å²) >= 11 is 0. The van der Waals surface area contributed by atoms with Gasteiger partial charge < -0.3 is 10.1 Å². The molecule has 3 nitrogen and oxygen atoms in total. The van der Waals surface area contributed by atoms with E-state index in [4.69, 9.17) is 10.1 Å². The Labute approximate surface area is 139 Å². The van der Waals surface area contributed by atoms with E-state index in [0.717, 1.165) is 51.6 Å². The molecule has 0 bridgehead atoms. The number of Topliss-reactive ketones (excluding diaryl/α,β-unsaturated/α-hetero) is 1. The van der Waals surface area contributed by atoms with Crippen molar-refractivity contribution in [3.8, 4) is 0 Å². The average Bonchev–Trinajstić information content (AvgIpc) is 2.81. The second kappa shape index (κ2) is 5.27. The fourth-order valence-corrected chi connectivity index (χ4v) is 6.45. The Morgan fingerprint density at radius 1 is 1.17 bits per heavy atom. The first-order valence-corrected chi connectivity index (χ1v) is 9.36. The number of hydrogen-bond donors (Lipinski definition) is 1. The SMILES string of the molecule is C[C@]12CCCOCC(=N)C1=CC[C@@H]1[C@@H]2CC[C@]2(C)C(=O)CC[C@@H]12. The maximum atomic E-state index is 12.5. The Morgan fingerprint density at radius 3 is 2.78 bits per heavy atom. The molecule has 4 aliphatic rings. The number of hydrogen-bond acceptors (Lipinski definition) is 3. The minimum atomic E-state index is -0.0545. The van der Waals surface area contributed by atoms with Gasteiger partial charge in [-0.05, 0) is 67.3 Å². The second-order valence-corrected chi connectivity index (χ2v) is 8.70. The van der Waals surface area contributed by atoms with Crippen molar-refractivity contribution in [1.29, 1.82) is 5.41 Å². The molecular weight excluding hydrogens is 286 g/mol. The number of allylic oxidation sites excluding steroid dienone is 1. The summed E-state index contributed by atoms with van der Waals surface area (Å²) in [4.78, 5) is 12.5. The van der Waals surface area contributed by atoms with E-state index >= 15 is 0 Å². The van der Waals surface area contributed by atoms with E-state index < -0.39 is 0 Å². The van der Waals surface area contributed by atoms with E-state index in [9.17, 15) is 4.79 Å². The number of ether oxygens (including phenoxy) is 1. The molecular formula is C20H29NO2. The third kappa shape index (κ3) is 2.12. The van der Waals surface area contributed by atoms with Crippen molar-refractivity contribution in [2.24, 2.45) is 28.6 Å². The van der Waals surface area contributed by atoms with Gasteiger partial charge in [-0.25, -0.2) is 0 Å². The van der Waals surface area contributed by atoms with Gasteiger partial charge in [-0.1, -0.05) is 19.9 Å². The minimum Gasteiger partial charge on any atom is -0.375 e. The van der Waals surface area contributed by atoms with Crippen molar-refractivity contribution in [1.82, 2.24) is 0 Å². The van der Waals surface area contributed by atoms with Gasteiger partial charge in [0.1, 0.15) is 5.78 Å². The Hall–Kier alpha value is -0.960. The van der Waals surface area contributed by atoms with Crippen molar-refractivity contribution in [3.05, 3.63) is 11.6 Å². The molecule has 23 heavy (non-hydrogen) atoms. The van der Waals surface area contributed by atoms with Crippen molar-refractivity contribution in [2.75, 3.05) is 13.2 Å². The van der Waals surface area contributed by atoms with Crippen LogP contribution < -0.4 is 0 Å². The van der Waals surface area contributed by atoms with Gasteiger partial charge >= 0.3 is 0 Å². The van der Waals surface area contributed by atoms with Gasteiger partial charge in [-0.3, -0.25) is 4.79 Å². The van der Waals surface area contributed by atoms with Gasteiger partial charge in [0.2, 0.25) is 0 Å². The van der Waals surface area contributed by atoms with Gasteiger partial charge in [0.25, 0.3) is 0 Å². The van der Waals surface area contributed by atoms with Crippen LogP contribution in [0, 0.1) is 34.0 Å². The summed E-state index contributed by atoms with van der Waals surface area (Å²) < 4.78 is 5.61. The molecule has 1 saturated heterocycles. The lowest BCUT2D eigenvalue weighted by Gasteiger charge is -2.55. The van der Waals surface area contributed by atoms with Gasteiger partial charge in [-0.2, -0.15) is 0 Å². The zero-order chi connectivity index (χ0) is 16.2. The highest BCUT2D eigenvalue weighted by Gasteiger charge is 2.58. The summed E-state index contributed by atoms with van der Waals surface area (Å²) in [5.74, 6) is 2.37. The summed E-state index contributed by atoms with van der Waals surface area (Å²) in [6, 6.07) is 0. The molecule has 3 aliphatic carbocycles. The van der Waals surface area contributed by atoms with E-state index in [0.29, 0.717) is 35.9 Å². The largest absolute Gasteiger partial charge is 0.375 e. The smallest absolute Gasteiger partial charge is 0.139 e. The molecule has 0 amide bonds. The molecule has 5 atom stereocenters. The topological polar surface area (TPSA) is 50.1 Å². The Kier molecular flexibility index (Phi) is 3.57. The van der Waals surface area contributed by atoms with Crippen LogP contribution in [0.5, 0.6) is 0 Å². The first-order valence-electron chi connectivity index (χ1n) is 9.36. The molecule has 0 spiro atoms. The zero-order valence-electron chi connectivity index (χ0n) is 14.5. The van der Waals surface area contributed by atoms with Crippen LogP contribution in [-0.4, -0.2) is 24.7 Å². The zero-order valence-corrected chi connectivity index (χ0v) is 14.5. The molecule has 0 aromatic rings. The van der Waals surface area contributed by atoms with E-state index in [-0.39, 0.29) is 10.8 Å². The lowest BCUT2D eigenvalue weighted by atomic mass is 9.49. The van der Waals surface area contributed by atoms with E-state index in [1.165, 1.54) is 5.57 Å². The fraction of sp³-hybridized carbons (Fsp3) is 0.800. The van der Waals surface area contributed by atoms with E-state index in [1.807, 2.05) is 0 Å². The molecule has 3 heteroatoms. The number of carbonyl (C=O) groups is 1. The maximum Gasteiger partial charge on any atom is 0.139 e. The summed E-state index contributed by atoms with van der Waals surface area (Å²) in [6.07, 6.45) is 9.72. The standard InChI is InChI=1S/C20H29NO2/c1-19-9-3-11-23-12-17(21)16(19)5-4-13-14-6-7-18(22)20(14,2)10-8-15(13)19/h5,13-15,21H,3-4,6-12H2,1-2H3/t13-,14-,15-,19+,20-/m0/s1. The first-order chi connectivity index (χ1) is 11.0. The second-order valence-electron chi connectivity index (χ2n) is 8.70. The third-order valence-electron chi connectivity index (χ3n) is 7.73. The highest BCUT2D eigenvalue weighted by molar-refractivity contribution is 6.00. The number of ketones is 1. The Bertz CT molecular complexity index is 580. The molecule has 4 rings (SSSR count). The van der Waals surface area contributed by atoms with Crippen LogP contribution in [0.3, 0.4) is 0 Å². The van der Waals surface area contributed by atoms with Crippen LogP contribution >= 0.6 is 0 Å². The van der Waals surface area contributed by atoms with Crippen LogP contribution in [0.15, 0.2) is 11.6 Å².